The van der Waals surface area contributed by atoms with Gasteiger partial charge in [-0.15, -0.1) is 0 Å². The molecule has 2 amide bonds. The summed E-state index contributed by atoms with van der Waals surface area (Å²) >= 11 is 0. The summed E-state index contributed by atoms with van der Waals surface area (Å²) in [6.07, 6.45) is 1.26. The molecule has 1 unspecified atom stereocenters. The summed E-state index contributed by atoms with van der Waals surface area (Å²) in [6.45, 7) is 3.48. The number of ether oxygens (including phenoxy) is 1. The monoisotopic (exact) mass is 387 g/mol. The second kappa shape index (κ2) is 9.50. The van der Waals surface area contributed by atoms with E-state index in [0.29, 0.717) is 5.56 Å². The average molecular weight is 387 g/mol. The van der Waals surface area contributed by atoms with Gasteiger partial charge in [0.2, 0.25) is 0 Å². The summed E-state index contributed by atoms with van der Waals surface area (Å²) in [5.41, 5.74) is 2.52. The number of carbonyl (C=O) groups excluding carboxylic acids is 2. The van der Waals surface area contributed by atoms with Crippen molar-refractivity contribution in [2.24, 2.45) is 11.0 Å². The van der Waals surface area contributed by atoms with Gasteiger partial charge in [0.05, 0.1) is 18.9 Å². The zero-order valence-electron chi connectivity index (χ0n) is 15.8. The van der Waals surface area contributed by atoms with E-state index in [2.05, 4.69) is 15.8 Å². The van der Waals surface area contributed by atoms with Gasteiger partial charge >= 0.3 is 0 Å². The van der Waals surface area contributed by atoms with Crippen LogP contribution in [-0.4, -0.2) is 36.3 Å². The Bertz CT molecular complexity index is 884. The number of phenolic OH excluding ortho intramolecular Hbond substituents is 1. The largest absolute Gasteiger partial charge is 0.504 e. The molecular formula is C20H22FN3O4. The highest BCUT2D eigenvalue weighted by molar-refractivity contribution is 5.98. The summed E-state index contributed by atoms with van der Waals surface area (Å²) in [7, 11) is 1.42. The van der Waals surface area contributed by atoms with E-state index in [1.54, 1.807) is 32.0 Å². The van der Waals surface area contributed by atoms with E-state index < -0.39 is 23.7 Å². The molecule has 0 saturated carbocycles. The van der Waals surface area contributed by atoms with Crippen molar-refractivity contribution in [1.82, 2.24) is 10.7 Å². The Morgan fingerprint density at radius 3 is 2.54 bits per heavy atom. The van der Waals surface area contributed by atoms with Gasteiger partial charge in [-0.3, -0.25) is 9.59 Å². The molecule has 0 radical (unpaired) electrons. The van der Waals surface area contributed by atoms with E-state index in [-0.39, 0.29) is 23.0 Å². The number of para-hydroxylation sites is 1. The van der Waals surface area contributed by atoms with E-state index in [1.165, 1.54) is 37.6 Å². The van der Waals surface area contributed by atoms with E-state index in [1.807, 2.05) is 0 Å². The van der Waals surface area contributed by atoms with Gasteiger partial charge in [0.25, 0.3) is 11.8 Å². The number of nitrogens with zero attached hydrogens (tertiary/aromatic N) is 1. The van der Waals surface area contributed by atoms with Gasteiger partial charge in [-0.25, -0.2) is 9.82 Å². The van der Waals surface area contributed by atoms with Crippen molar-refractivity contribution in [3.05, 3.63) is 59.4 Å². The molecule has 0 bridgehead atoms. The van der Waals surface area contributed by atoms with Crippen LogP contribution in [0.4, 0.5) is 4.39 Å². The Morgan fingerprint density at radius 2 is 1.89 bits per heavy atom. The standard InChI is InChI=1S/C20H22FN3O4/c1-12(2)17(23-19(26)14-8-4-5-9-15(14)21)20(27)24-22-11-13-7-6-10-16(28-3)18(13)25/h4-12,17,25H,1-3H3,(H,23,26)(H,24,27). The number of hydrogen-bond acceptors (Lipinski definition) is 5. The fourth-order valence-corrected chi connectivity index (χ4v) is 2.44. The van der Waals surface area contributed by atoms with Gasteiger partial charge in [-0.05, 0) is 30.2 Å². The van der Waals surface area contributed by atoms with Gasteiger partial charge in [0.15, 0.2) is 11.5 Å². The van der Waals surface area contributed by atoms with Crippen LogP contribution in [0.3, 0.4) is 0 Å². The number of halogens is 1. The lowest BCUT2D eigenvalue weighted by Crippen LogP contribution is -2.48. The normalized spacial score (nSPS) is 12.0. The van der Waals surface area contributed by atoms with Gasteiger partial charge in [-0.2, -0.15) is 5.10 Å². The Morgan fingerprint density at radius 1 is 1.18 bits per heavy atom. The fraction of sp³-hybridized carbons (Fsp3) is 0.250. The molecule has 0 aliphatic rings. The van der Waals surface area contributed by atoms with Gasteiger partial charge in [-0.1, -0.05) is 32.0 Å². The van der Waals surface area contributed by atoms with Crippen molar-refractivity contribution in [2.45, 2.75) is 19.9 Å². The molecule has 1 atom stereocenters. The predicted octanol–water partition coefficient (Wildman–Crippen LogP) is 2.44. The second-order valence-corrected chi connectivity index (χ2v) is 6.31. The van der Waals surface area contributed by atoms with Crippen LogP contribution in [-0.2, 0) is 4.79 Å². The summed E-state index contributed by atoms with van der Waals surface area (Å²) in [5, 5.41) is 16.3. The van der Waals surface area contributed by atoms with Gasteiger partial charge < -0.3 is 15.2 Å². The molecule has 0 aliphatic heterocycles. The minimum Gasteiger partial charge on any atom is -0.504 e. The minimum atomic E-state index is -0.928. The minimum absolute atomic E-state index is 0.115. The lowest BCUT2D eigenvalue weighted by molar-refractivity contribution is -0.123. The molecule has 0 spiro atoms. The summed E-state index contributed by atoms with van der Waals surface area (Å²) in [5.74, 6) is -2.05. The number of phenols is 1. The SMILES string of the molecule is COc1cccc(C=NNC(=O)C(NC(=O)c2ccccc2F)C(C)C)c1O. The molecule has 148 valence electrons. The highest BCUT2D eigenvalue weighted by atomic mass is 19.1. The number of aromatic hydroxyl groups is 1. The smallest absolute Gasteiger partial charge is 0.262 e. The molecule has 2 aromatic rings. The molecule has 2 aromatic carbocycles. The number of benzene rings is 2. The number of rotatable bonds is 7. The zero-order valence-corrected chi connectivity index (χ0v) is 15.8. The lowest BCUT2D eigenvalue weighted by Gasteiger charge is -2.20. The van der Waals surface area contributed by atoms with E-state index in [9.17, 15) is 19.1 Å². The number of methoxy groups -OCH3 is 1. The Balaban J connectivity index is 2.07. The Labute approximate surface area is 162 Å². The highest BCUT2D eigenvalue weighted by Gasteiger charge is 2.25. The van der Waals surface area contributed by atoms with E-state index >= 15 is 0 Å². The van der Waals surface area contributed by atoms with E-state index in [0.717, 1.165) is 0 Å². The Kier molecular flexibility index (Phi) is 7.08. The number of carbonyl (C=O) groups is 2. The van der Waals surface area contributed by atoms with Crippen molar-refractivity contribution in [3.63, 3.8) is 0 Å². The van der Waals surface area contributed by atoms with Crippen LogP contribution in [0.2, 0.25) is 0 Å². The van der Waals surface area contributed by atoms with Crippen LogP contribution in [0.5, 0.6) is 11.5 Å². The highest BCUT2D eigenvalue weighted by Crippen LogP contribution is 2.27. The van der Waals surface area contributed by atoms with Gasteiger partial charge in [0, 0.05) is 5.56 Å². The summed E-state index contributed by atoms with van der Waals surface area (Å²) in [6, 6.07) is 9.42. The van der Waals surface area contributed by atoms with Gasteiger partial charge in [0.1, 0.15) is 11.9 Å². The quantitative estimate of drug-likeness (QED) is 0.502. The van der Waals surface area contributed by atoms with Crippen molar-refractivity contribution in [1.29, 1.82) is 0 Å². The number of nitrogens with one attached hydrogen (secondary N) is 2. The number of hydrogen-bond donors (Lipinski definition) is 3. The second-order valence-electron chi connectivity index (χ2n) is 6.31. The lowest BCUT2D eigenvalue weighted by atomic mass is 10.0. The summed E-state index contributed by atoms with van der Waals surface area (Å²) in [4.78, 5) is 24.7. The van der Waals surface area contributed by atoms with Crippen LogP contribution < -0.4 is 15.5 Å². The zero-order chi connectivity index (χ0) is 20.7. The molecule has 0 heterocycles. The predicted molar refractivity (Wildman–Crippen MR) is 103 cm³/mol. The molecule has 28 heavy (non-hydrogen) atoms. The van der Waals surface area contributed by atoms with Crippen LogP contribution in [0.25, 0.3) is 0 Å². The fourth-order valence-electron chi connectivity index (χ4n) is 2.44. The van der Waals surface area contributed by atoms with Crippen LogP contribution >= 0.6 is 0 Å². The third-order valence-electron chi connectivity index (χ3n) is 3.98. The third kappa shape index (κ3) is 5.06. The molecule has 3 N–H and O–H groups in total. The molecule has 0 aliphatic carbocycles. The number of hydrazone groups is 1. The maximum absolute atomic E-state index is 13.8. The maximum Gasteiger partial charge on any atom is 0.262 e. The summed E-state index contributed by atoms with van der Waals surface area (Å²) < 4.78 is 18.8. The van der Waals surface area contributed by atoms with Crippen LogP contribution in [0.15, 0.2) is 47.6 Å². The van der Waals surface area contributed by atoms with Crippen LogP contribution in [0.1, 0.15) is 29.8 Å². The van der Waals surface area contributed by atoms with E-state index in [4.69, 9.17) is 4.74 Å². The molecule has 0 aromatic heterocycles. The number of amides is 2. The first kappa shape index (κ1) is 20.9. The van der Waals surface area contributed by atoms with Crippen molar-refractivity contribution in [3.8, 4) is 11.5 Å². The van der Waals surface area contributed by atoms with Crippen molar-refractivity contribution >= 4 is 18.0 Å². The molecule has 0 saturated heterocycles. The molecule has 7 nitrogen and oxygen atoms in total. The first-order valence-corrected chi connectivity index (χ1v) is 8.59. The third-order valence-corrected chi connectivity index (χ3v) is 3.98. The topological polar surface area (TPSA) is 100 Å². The maximum atomic E-state index is 13.8. The molecule has 8 heteroatoms. The van der Waals surface area contributed by atoms with Crippen LogP contribution in [0, 0.1) is 11.7 Å². The average Bonchev–Trinajstić information content (AvgIpc) is 2.67. The first-order chi connectivity index (χ1) is 13.3. The van der Waals surface area contributed by atoms with Crippen molar-refractivity contribution < 1.29 is 23.8 Å². The first-order valence-electron chi connectivity index (χ1n) is 8.59. The Hall–Kier alpha value is -3.42. The molecular weight excluding hydrogens is 365 g/mol. The van der Waals surface area contributed by atoms with Crippen molar-refractivity contribution in [2.75, 3.05) is 7.11 Å². The molecule has 2 rings (SSSR count). The molecule has 0 fully saturated rings.